The fourth-order valence-electron chi connectivity index (χ4n) is 4.93. The van der Waals surface area contributed by atoms with Gasteiger partial charge >= 0.3 is 0 Å². The predicted octanol–water partition coefficient (Wildman–Crippen LogP) is 3.75. The van der Waals surface area contributed by atoms with Crippen LogP contribution in [0, 0.1) is 5.92 Å². The number of aromatic nitrogens is 3. The van der Waals surface area contributed by atoms with E-state index >= 15 is 0 Å². The number of aryl methyl sites for hydroxylation is 1. The second-order valence-electron chi connectivity index (χ2n) is 9.25. The van der Waals surface area contributed by atoms with E-state index in [9.17, 15) is 9.90 Å². The number of likely N-dealkylation sites (tertiary alicyclic amines) is 1. The number of hydrogen-bond donors (Lipinski definition) is 2. The van der Waals surface area contributed by atoms with Crippen molar-refractivity contribution >= 4 is 40.6 Å². The number of amides is 1. The van der Waals surface area contributed by atoms with Crippen LogP contribution >= 0.6 is 11.8 Å². The molecule has 2 aliphatic heterocycles. The Morgan fingerprint density at radius 3 is 2.94 bits per heavy atom. The van der Waals surface area contributed by atoms with Gasteiger partial charge in [-0.05, 0) is 61.4 Å². The van der Waals surface area contributed by atoms with Crippen LogP contribution in [-0.2, 0) is 17.8 Å². The van der Waals surface area contributed by atoms with Gasteiger partial charge in [-0.1, -0.05) is 24.4 Å². The van der Waals surface area contributed by atoms with Gasteiger partial charge in [0.15, 0.2) is 11.0 Å². The molecule has 0 saturated carbocycles. The fraction of sp³-hybridized carbons (Fsp3) is 0.423. The number of carbonyl (C=O) groups excluding carboxylic acids is 1. The number of ether oxygens (including phenoxy) is 1. The van der Waals surface area contributed by atoms with Gasteiger partial charge in [-0.25, -0.2) is 9.97 Å². The van der Waals surface area contributed by atoms with Crippen LogP contribution in [0.4, 0.5) is 5.82 Å². The predicted molar refractivity (Wildman–Crippen MR) is 137 cm³/mol. The van der Waals surface area contributed by atoms with Crippen molar-refractivity contribution in [1.82, 2.24) is 19.4 Å². The average molecular weight is 494 g/mol. The van der Waals surface area contributed by atoms with Crippen molar-refractivity contribution in [2.75, 3.05) is 25.4 Å². The summed E-state index contributed by atoms with van der Waals surface area (Å²) in [6.07, 6.45) is 6.42. The highest BCUT2D eigenvalue weighted by atomic mass is 32.2. The minimum atomic E-state index is -0.937. The molecule has 1 aromatic carbocycles. The highest BCUT2D eigenvalue weighted by molar-refractivity contribution is 7.99. The summed E-state index contributed by atoms with van der Waals surface area (Å²) >= 11 is 1.60. The molecule has 1 fully saturated rings. The van der Waals surface area contributed by atoms with Gasteiger partial charge in [-0.2, -0.15) is 0 Å². The maximum absolute atomic E-state index is 12.1. The van der Waals surface area contributed by atoms with Gasteiger partial charge < -0.3 is 25.0 Å². The van der Waals surface area contributed by atoms with E-state index in [2.05, 4.69) is 28.3 Å². The zero-order valence-electron chi connectivity index (χ0n) is 19.9. The molecule has 184 valence electrons. The molecule has 0 radical (unpaired) electrons. The number of nitrogen functional groups attached to an aromatic ring is 1. The smallest absolute Gasteiger partial charge is 0.251 e. The van der Waals surface area contributed by atoms with Crippen molar-refractivity contribution in [3.05, 3.63) is 42.1 Å². The molecule has 8 nitrogen and oxygen atoms in total. The Balaban J connectivity index is 1.38. The topological polar surface area (TPSA) is 106 Å². The molecule has 1 atom stereocenters. The Morgan fingerprint density at radius 2 is 2.20 bits per heavy atom. The number of imidazole rings is 1. The van der Waals surface area contributed by atoms with Gasteiger partial charge in [-0.15, -0.1) is 0 Å². The SMILES string of the molecule is C=Cc1cc2c(cc1Sc1nc3c(N)nccc3n1CCC1CCN(C(=O)[C@H](C)O)CC1)OCC2. The summed E-state index contributed by atoms with van der Waals surface area (Å²) < 4.78 is 8.03. The number of benzene rings is 1. The number of hydrogen-bond acceptors (Lipinski definition) is 7. The van der Waals surface area contributed by atoms with Gasteiger partial charge in [0.1, 0.15) is 17.4 Å². The van der Waals surface area contributed by atoms with Crippen LogP contribution in [0.3, 0.4) is 0 Å². The minimum Gasteiger partial charge on any atom is -0.493 e. The summed E-state index contributed by atoms with van der Waals surface area (Å²) in [7, 11) is 0. The first-order chi connectivity index (χ1) is 16.9. The zero-order chi connectivity index (χ0) is 24.5. The quantitative estimate of drug-likeness (QED) is 0.516. The number of pyridine rings is 1. The lowest BCUT2D eigenvalue weighted by Crippen LogP contribution is -2.43. The maximum Gasteiger partial charge on any atom is 0.251 e. The third-order valence-electron chi connectivity index (χ3n) is 6.95. The number of piperidine rings is 1. The van der Waals surface area contributed by atoms with Gasteiger partial charge in [0.25, 0.3) is 5.91 Å². The van der Waals surface area contributed by atoms with Crippen LogP contribution in [0.2, 0.25) is 0 Å². The number of aliphatic hydroxyl groups is 1. The first-order valence-corrected chi connectivity index (χ1v) is 12.9. The van der Waals surface area contributed by atoms with Crippen molar-refractivity contribution in [2.45, 2.75) is 55.3 Å². The Bertz CT molecular complexity index is 1260. The summed E-state index contributed by atoms with van der Waals surface area (Å²) in [5.41, 5.74) is 10.1. The standard InChI is InChI=1S/C26H31N5O3S/c1-3-18-14-19-8-13-34-21(19)15-22(18)35-26-29-23-20(4-9-28-24(23)27)31(26)12-7-17-5-10-30(11-6-17)25(33)16(2)32/h3-4,9,14-17,32H,1,5-8,10-13H2,2H3,(H2,27,28)/t16-/m0/s1. The van der Waals surface area contributed by atoms with Crippen LogP contribution in [-0.4, -0.2) is 56.2 Å². The molecule has 0 spiro atoms. The molecule has 0 unspecified atom stereocenters. The third-order valence-corrected chi connectivity index (χ3v) is 8.02. The van der Waals surface area contributed by atoms with Crippen LogP contribution in [0.1, 0.15) is 37.3 Å². The van der Waals surface area contributed by atoms with E-state index < -0.39 is 6.10 Å². The summed E-state index contributed by atoms with van der Waals surface area (Å²) in [5.74, 6) is 1.68. The van der Waals surface area contributed by atoms with E-state index in [1.165, 1.54) is 12.5 Å². The van der Waals surface area contributed by atoms with Crippen LogP contribution in [0.5, 0.6) is 5.75 Å². The molecule has 1 saturated heterocycles. The molecule has 3 aromatic rings. The van der Waals surface area contributed by atoms with Gasteiger partial charge in [-0.3, -0.25) is 4.79 Å². The van der Waals surface area contributed by atoms with Crippen molar-refractivity contribution in [2.24, 2.45) is 5.92 Å². The van der Waals surface area contributed by atoms with E-state index in [-0.39, 0.29) is 5.91 Å². The largest absolute Gasteiger partial charge is 0.493 e. The summed E-state index contributed by atoms with van der Waals surface area (Å²) in [4.78, 5) is 24.0. The lowest BCUT2D eigenvalue weighted by atomic mass is 9.93. The number of aliphatic hydroxyl groups excluding tert-OH is 1. The van der Waals surface area contributed by atoms with Gasteiger partial charge in [0, 0.05) is 37.1 Å². The highest BCUT2D eigenvalue weighted by Gasteiger charge is 2.26. The molecule has 2 aliphatic rings. The van der Waals surface area contributed by atoms with E-state index in [4.69, 9.17) is 15.5 Å². The highest BCUT2D eigenvalue weighted by Crippen LogP contribution is 2.39. The Labute approximate surface area is 209 Å². The Hall–Kier alpha value is -3.04. The second-order valence-corrected chi connectivity index (χ2v) is 10.3. The molecule has 35 heavy (non-hydrogen) atoms. The van der Waals surface area contributed by atoms with E-state index in [1.807, 2.05) is 12.1 Å². The summed E-state index contributed by atoms with van der Waals surface area (Å²) in [6, 6.07) is 6.21. The Kier molecular flexibility index (Phi) is 6.71. The summed E-state index contributed by atoms with van der Waals surface area (Å²) in [5, 5.41) is 10.5. The van der Waals surface area contributed by atoms with Crippen LogP contribution in [0.25, 0.3) is 17.1 Å². The number of anilines is 1. The molecule has 0 bridgehead atoms. The molecule has 1 amide bonds. The van der Waals surface area contributed by atoms with Crippen molar-refractivity contribution in [3.8, 4) is 5.75 Å². The monoisotopic (exact) mass is 493 g/mol. The van der Waals surface area contributed by atoms with Crippen molar-refractivity contribution < 1.29 is 14.6 Å². The lowest BCUT2D eigenvalue weighted by Gasteiger charge is -2.33. The normalized spacial score (nSPS) is 16.8. The second kappa shape index (κ2) is 9.91. The van der Waals surface area contributed by atoms with E-state index in [0.717, 1.165) is 59.1 Å². The van der Waals surface area contributed by atoms with Gasteiger partial charge in [0.05, 0.1) is 12.1 Å². The van der Waals surface area contributed by atoms with Gasteiger partial charge in [0.2, 0.25) is 0 Å². The number of rotatable bonds is 7. The molecule has 9 heteroatoms. The molecule has 4 heterocycles. The molecule has 0 aliphatic carbocycles. The van der Waals surface area contributed by atoms with Crippen LogP contribution in [0.15, 0.2) is 41.0 Å². The van der Waals surface area contributed by atoms with Crippen LogP contribution < -0.4 is 10.5 Å². The maximum atomic E-state index is 12.1. The average Bonchev–Trinajstić information content (AvgIpc) is 3.46. The van der Waals surface area contributed by atoms with E-state index in [0.29, 0.717) is 36.9 Å². The fourth-order valence-corrected chi connectivity index (χ4v) is 5.99. The van der Waals surface area contributed by atoms with Crippen molar-refractivity contribution in [3.63, 3.8) is 0 Å². The van der Waals surface area contributed by atoms with E-state index in [1.54, 1.807) is 22.9 Å². The number of nitrogens with zero attached hydrogens (tertiary/aromatic N) is 4. The number of nitrogens with two attached hydrogens (primary N) is 1. The third kappa shape index (κ3) is 4.75. The Morgan fingerprint density at radius 1 is 1.40 bits per heavy atom. The molecular weight excluding hydrogens is 462 g/mol. The molecule has 3 N–H and O–H groups in total. The number of fused-ring (bicyclic) bond motifs is 2. The minimum absolute atomic E-state index is 0.179. The first-order valence-electron chi connectivity index (χ1n) is 12.1. The summed E-state index contributed by atoms with van der Waals surface area (Å²) in [6.45, 7) is 8.42. The lowest BCUT2D eigenvalue weighted by molar-refractivity contribution is -0.140. The number of carbonyl (C=O) groups is 1. The first kappa shape index (κ1) is 23.7. The zero-order valence-corrected chi connectivity index (χ0v) is 20.8. The molecule has 5 rings (SSSR count). The molecule has 2 aromatic heterocycles. The molecular formula is C26H31N5O3S. The van der Waals surface area contributed by atoms with Crippen molar-refractivity contribution in [1.29, 1.82) is 0 Å².